The van der Waals surface area contributed by atoms with Crippen LogP contribution in [0.2, 0.25) is 0 Å². The van der Waals surface area contributed by atoms with Gasteiger partial charge in [-0.1, -0.05) is 12.1 Å². The SMILES string of the molecule is C=CCCNc1cccc(OC)c1N. The summed E-state index contributed by atoms with van der Waals surface area (Å²) in [4.78, 5) is 0. The van der Waals surface area contributed by atoms with E-state index in [1.165, 1.54) is 0 Å². The number of methoxy groups -OCH3 is 1. The summed E-state index contributed by atoms with van der Waals surface area (Å²) < 4.78 is 5.11. The van der Waals surface area contributed by atoms with Gasteiger partial charge in [-0.05, 0) is 18.6 Å². The van der Waals surface area contributed by atoms with E-state index >= 15 is 0 Å². The maximum Gasteiger partial charge on any atom is 0.143 e. The fourth-order valence-electron chi connectivity index (χ4n) is 1.19. The lowest BCUT2D eigenvalue weighted by atomic mass is 10.2. The monoisotopic (exact) mass is 192 g/mol. The molecule has 0 saturated carbocycles. The summed E-state index contributed by atoms with van der Waals surface area (Å²) in [6.07, 6.45) is 2.78. The van der Waals surface area contributed by atoms with Gasteiger partial charge in [0.15, 0.2) is 0 Å². The van der Waals surface area contributed by atoms with Crippen molar-refractivity contribution in [2.75, 3.05) is 24.7 Å². The second-order valence-corrected chi connectivity index (χ2v) is 2.93. The van der Waals surface area contributed by atoms with E-state index in [2.05, 4.69) is 11.9 Å². The van der Waals surface area contributed by atoms with Crippen molar-refractivity contribution < 1.29 is 4.74 Å². The minimum absolute atomic E-state index is 0.652. The fraction of sp³-hybridized carbons (Fsp3) is 0.273. The molecule has 1 aromatic rings. The average molecular weight is 192 g/mol. The summed E-state index contributed by atoms with van der Waals surface area (Å²) in [6, 6.07) is 5.68. The predicted octanol–water partition coefficient (Wildman–Crippen LogP) is 2.27. The number of hydrogen-bond donors (Lipinski definition) is 2. The van der Waals surface area contributed by atoms with E-state index in [0.29, 0.717) is 11.4 Å². The first-order chi connectivity index (χ1) is 6.79. The predicted molar refractivity (Wildman–Crippen MR) is 60.7 cm³/mol. The third kappa shape index (κ3) is 2.42. The Morgan fingerprint density at radius 2 is 2.36 bits per heavy atom. The first-order valence-corrected chi connectivity index (χ1v) is 4.57. The van der Waals surface area contributed by atoms with Gasteiger partial charge < -0.3 is 15.8 Å². The first kappa shape index (κ1) is 10.4. The Morgan fingerprint density at radius 3 is 3.00 bits per heavy atom. The molecule has 0 radical (unpaired) electrons. The zero-order valence-electron chi connectivity index (χ0n) is 8.42. The number of nitrogens with two attached hydrogens (primary N) is 1. The lowest BCUT2D eigenvalue weighted by Gasteiger charge is -2.11. The topological polar surface area (TPSA) is 47.3 Å². The number of hydrogen-bond acceptors (Lipinski definition) is 3. The molecule has 76 valence electrons. The summed E-state index contributed by atoms with van der Waals surface area (Å²) in [5.41, 5.74) is 7.42. The molecule has 1 aromatic carbocycles. The van der Waals surface area contributed by atoms with Crippen molar-refractivity contribution in [3.05, 3.63) is 30.9 Å². The van der Waals surface area contributed by atoms with E-state index in [4.69, 9.17) is 10.5 Å². The Hall–Kier alpha value is -1.64. The summed E-state index contributed by atoms with van der Waals surface area (Å²) in [7, 11) is 1.61. The molecular formula is C11H16N2O. The van der Waals surface area contributed by atoms with E-state index in [1.807, 2.05) is 24.3 Å². The Morgan fingerprint density at radius 1 is 1.57 bits per heavy atom. The van der Waals surface area contributed by atoms with E-state index in [1.54, 1.807) is 7.11 Å². The zero-order valence-corrected chi connectivity index (χ0v) is 8.42. The van der Waals surface area contributed by atoms with Crippen LogP contribution in [0.3, 0.4) is 0 Å². The normalized spacial score (nSPS) is 9.50. The number of nitrogen functional groups attached to an aromatic ring is 1. The number of benzene rings is 1. The maximum absolute atomic E-state index is 5.86. The molecule has 0 heterocycles. The average Bonchev–Trinajstić information content (AvgIpc) is 2.21. The minimum atomic E-state index is 0.652. The maximum atomic E-state index is 5.86. The van der Waals surface area contributed by atoms with Gasteiger partial charge >= 0.3 is 0 Å². The second-order valence-electron chi connectivity index (χ2n) is 2.93. The second kappa shape index (κ2) is 5.17. The number of nitrogens with one attached hydrogen (secondary N) is 1. The highest BCUT2D eigenvalue weighted by molar-refractivity contribution is 5.72. The quantitative estimate of drug-likeness (QED) is 0.427. The van der Waals surface area contributed by atoms with Crippen LogP contribution in [0.1, 0.15) is 6.42 Å². The molecule has 0 spiro atoms. The largest absolute Gasteiger partial charge is 0.495 e. The molecule has 3 heteroatoms. The van der Waals surface area contributed by atoms with E-state index in [9.17, 15) is 0 Å². The zero-order chi connectivity index (χ0) is 10.4. The van der Waals surface area contributed by atoms with Crippen molar-refractivity contribution in [3.8, 4) is 5.75 Å². The lowest BCUT2D eigenvalue weighted by molar-refractivity contribution is 0.417. The third-order valence-electron chi connectivity index (χ3n) is 1.95. The van der Waals surface area contributed by atoms with Crippen LogP contribution in [0.15, 0.2) is 30.9 Å². The Balaban J connectivity index is 2.71. The first-order valence-electron chi connectivity index (χ1n) is 4.57. The number of ether oxygens (including phenoxy) is 1. The van der Waals surface area contributed by atoms with Crippen LogP contribution in [0.25, 0.3) is 0 Å². The van der Waals surface area contributed by atoms with E-state index in [-0.39, 0.29) is 0 Å². The van der Waals surface area contributed by atoms with Gasteiger partial charge in [0, 0.05) is 6.54 Å². The highest BCUT2D eigenvalue weighted by atomic mass is 16.5. The van der Waals surface area contributed by atoms with Gasteiger partial charge in [-0.25, -0.2) is 0 Å². The number of para-hydroxylation sites is 1. The van der Waals surface area contributed by atoms with E-state index in [0.717, 1.165) is 18.7 Å². The lowest BCUT2D eigenvalue weighted by Crippen LogP contribution is -2.04. The molecule has 0 atom stereocenters. The molecule has 0 fully saturated rings. The Labute approximate surface area is 84.6 Å². The molecule has 0 aliphatic heterocycles. The molecule has 3 nitrogen and oxygen atoms in total. The summed E-state index contributed by atoms with van der Waals surface area (Å²) in [6.45, 7) is 4.49. The molecule has 0 bridgehead atoms. The highest BCUT2D eigenvalue weighted by Crippen LogP contribution is 2.28. The third-order valence-corrected chi connectivity index (χ3v) is 1.95. The van der Waals surface area contributed by atoms with Crippen LogP contribution in [-0.4, -0.2) is 13.7 Å². The Kier molecular flexibility index (Phi) is 3.85. The van der Waals surface area contributed by atoms with Gasteiger partial charge in [0.1, 0.15) is 5.75 Å². The summed E-state index contributed by atoms with van der Waals surface area (Å²) >= 11 is 0. The molecular weight excluding hydrogens is 176 g/mol. The fourth-order valence-corrected chi connectivity index (χ4v) is 1.19. The van der Waals surface area contributed by atoms with Gasteiger partial charge in [-0.3, -0.25) is 0 Å². The van der Waals surface area contributed by atoms with Crippen LogP contribution >= 0.6 is 0 Å². The molecule has 14 heavy (non-hydrogen) atoms. The van der Waals surface area contributed by atoms with Gasteiger partial charge in [0.05, 0.1) is 18.5 Å². The van der Waals surface area contributed by atoms with Crippen molar-refractivity contribution in [2.24, 2.45) is 0 Å². The number of anilines is 2. The molecule has 0 aromatic heterocycles. The number of rotatable bonds is 5. The minimum Gasteiger partial charge on any atom is -0.495 e. The summed E-state index contributed by atoms with van der Waals surface area (Å²) in [5.74, 6) is 0.702. The van der Waals surface area contributed by atoms with Gasteiger partial charge in [-0.15, -0.1) is 6.58 Å². The van der Waals surface area contributed by atoms with Crippen LogP contribution in [-0.2, 0) is 0 Å². The van der Waals surface area contributed by atoms with Crippen molar-refractivity contribution >= 4 is 11.4 Å². The van der Waals surface area contributed by atoms with Gasteiger partial charge in [0.2, 0.25) is 0 Å². The molecule has 0 aliphatic carbocycles. The molecule has 0 amide bonds. The van der Waals surface area contributed by atoms with Crippen LogP contribution < -0.4 is 15.8 Å². The molecule has 3 N–H and O–H groups in total. The Bertz CT molecular complexity index is 310. The van der Waals surface area contributed by atoms with Crippen LogP contribution in [0.4, 0.5) is 11.4 Å². The van der Waals surface area contributed by atoms with Crippen molar-refractivity contribution in [1.29, 1.82) is 0 Å². The molecule has 0 unspecified atom stereocenters. The van der Waals surface area contributed by atoms with Gasteiger partial charge in [-0.2, -0.15) is 0 Å². The van der Waals surface area contributed by atoms with Crippen molar-refractivity contribution in [3.63, 3.8) is 0 Å². The van der Waals surface area contributed by atoms with Gasteiger partial charge in [0.25, 0.3) is 0 Å². The molecule has 0 aliphatic rings. The molecule has 1 rings (SSSR count). The standard InChI is InChI=1S/C11H16N2O/c1-3-4-8-13-9-6-5-7-10(14-2)11(9)12/h3,5-7,13H,1,4,8,12H2,2H3. The smallest absolute Gasteiger partial charge is 0.143 e. The van der Waals surface area contributed by atoms with Crippen LogP contribution in [0.5, 0.6) is 5.75 Å². The van der Waals surface area contributed by atoms with Crippen molar-refractivity contribution in [2.45, 2.75) is 6.42 Å². The van der Waals surface area contributed by atoms with E-state index < -0.39 is 0 Å². The summed E-state index contributed by atoms with van der Waals surface area (Å²) in [5, 5.41) is 3.21. The highest BCUT2D eigenvalue weighted by Gasteiger charge is 2.02. The van der Waals surface area contributed by atoms with Crippen molar-refractivity contribution in [1.82, 2.24) is 0 Å². The molecule has 0 saturated heterocycles. The van der Waals surface area contributed by atoms with Crippen LogP contribution in [0, 0.1) is 0 Å².